The van der Waals surface area contributed by atoms with Crippen LogP contribution in [0.25, 0.3) is 5.69 Å². The number of nitrogens with zero attached hydrogens (tertiary/aromatic N) is 3. The summed E-state index contributed by atoms with van der Waals surface area (Å²) in [5.74, 6) is -0.734. The topological polar surface area (TPSA) is 67.2 Å². The van der Waals surface area contributed by atoms with Crippen LogP contribution in [0.4, 0.5) is 18.9 Å². The minimum atomic E-state index is -4.49. The number of aromatic nitrogens is 2. The first-order chi connectivity index (χ1) is 14.8. The van der Waals surface area contributed by atoms with Crippen molar-refractivity contribution in [1.82, 2.24) is 15.1 Å². The van der Waals surface area contributed by atoms with Crippen LogP contribution in [0.1, 0.15) is 17.7 Å². The number of benzene rings is 2. The van der Waals surface area contributed by atoms with E-state index in [-0.39, 0.29) is 24.8 Å². The summed E-state index contributed by atoms with van der Waals surface area (Å²) < 4.78 is 39.2. The summed E-state index contributed by atoms with van der Waals surface area (Å²) >= 11 is 0. The van der Waals surface area contributed by atoms with Crippen LogP contribution in [-0.4, -0.2) is 28.1 Å². The van der Waals surface area contributed by atoms with Crippen LogP contribution in [-0.2, 0) is 22.3 Å². The van der Waals surface area contributed by atoms with Gasteiger partial charge in [0, 0.05) is 31.4 Å². The molecule has 1 aliphatic heterocycles. The highest BCUT2D eigenvalue weighted by atomic mass is 19.4. The molecule has 1 unspecified atom stereocenters. The van der Waals surface area contributed by atoms with Crippen molar-refractivity contribution in [3.63, 3.8) is 0 Å². The summed E-state index contributed by atoms with van der Waals surface area (Å²) in [7, 11) is 0. The van der Waals surface area contributed by atoms with Gasteiger partial charge in [-0.05, 0) is 35.9 Å². The van der Waals surface area contributed by atoms with E-state index in [9.17, 15) is 22.8 Å². The fraction of sp³-hybridized carbons (Fsp3) is 0.227. The van der Waals surface area contributed by atoms with Gasteiger partial charge < -0.3 is 10.2 Å². The van der Waals surface area contributed by atoms with Gasteiger partial charge in [0.2, 0.25) is 11.8 Å². The fourth-order valence-electron chi connectivity index (χ4n) is 3.46. The third kappa shape index (κ3) is 4.60. The Bertz CT molecular complexity index is 1080. The maximum atomic E-state index is 12.7. The van der Waals surface area contributed by atoms with Gasteiger partial charge >= 0.3 is 6.18 Å². The first-order valence-corrected chi connectivity index (χ1v) is 9.66. The van der Waals surface area contributed by atoms with Gasteiger partial charge in [-0.1, -0.05) is 30.3 Å². The van der Waals surface area contributed by atoms with Crippen LogP contribution in [0, 0.1) is 5.92 Å². The Morgan fingerprint density at radius 2 is 1.74 bits per heavy atom. The molecule has 9 heteroatoms. The summed E-state index contributed by atoms with van der Waals surface area (Å²) in [6, 6.07) is 16.8. The van der Waals surface area contributed by atoms with E-state index >= 15 is 0 Å². The summed E-state index contributed by atoms with van der Waals surface area (Å²) in [5, 5.41) is 6.36. The smallest absolute Gasteiger partial charge is 0.352 e. The minimum Gasteiger partial charge on any atom is -0.352 e. The van der Waals surface area contributed by atoms with Crippen LogP contribution in [0.2, 0.25) is 0 Å². The molecular weight excluding hydrogens is 409 g/mol. The van der Waals surface area contributed by atoms with E-state index < -0.39 is 17.8 Å². The molecule has 0 bridgehead atoms. The van der Waals surface area contributed by atoms with E-state index in [0.29, 0.717) is 12.2 Å². The maximum Gasteiger partial charge on any atom is 0.435 e. The van der Waals surface area contributed by atoms with Crippen molar-refractivity contribution in [3.05, 3.63) is 78.1 Å². The second-order valence-electron chi connectivity index (χ2n) is 7.27. The summed E-state index contributed by atoms with van der Waals surface area (Å²) in [6.45, 7) is 0.580. The Morgan fingerprint density at radius 1 is 1.03 bits per heavy atom. The summed E-state index contributed by atoms with van der Waals surface area (Å²) in [6.07, 6.45) is -3.09. The zero-order valence-electron chi connectivity index (χ0n) is 16.3. The molecular formula is C22H19F3N4O2. The molecule has 0 aliphatic carbocycles. The molecule has 2 amide bonds. The van der Waals surface area contributed by atoms with Crippen LogP contribution < -0.4 is 10.2 Å². The molecule has 1 aliphatic rings. The lowest BCUT2D eigenvalue weighted by molar-refractivity contribution is -0.141. The average molecular weight is 428 g/mol. The van der Waals surface area contributed by atoms with E-state index in [2.05, 4.69) is 10.4 Å². The van der Waals surface area contributed by atoms with E-state index in [1.807, 2.05) is 30.3 Å². The predicted molar refractivity (Wildman–Crippen MR) is 107 cm³/mol. The molecule has 0 spiro atoms. The van der Waals surface area contributed by atoms with Gasteiger partial charge in [0.15, 0.2) is 5.69 Å². The highest BCUT2D eigenvalue weighted by Crippen LogP contribution is 2.28. The first-order valence-electron chi connectivity index (χ1n) is 9.66. The number of alkyl halides is 3. The molecule has 6 nitrogen and oxygen atoms in total. The molecule has 1 N–H and O–H groups in total. The van der Waals surface area contributed by atoms with E-state index in [1.54, 1.807) is 29.2 Å². The van der Waals surface area contributed by atoms with E-state index in [0.717, 1.165) is 22.0 Å². The van der Waals surface area contributed by atoms with Crippen LogP contribution in [0.15, 0.2) is 66.9 Å². The quantitative estimate of drug-likeness (QED) is 0.676. The molecule has 1 aromatic heterocycles. The highest BCUT2D eigenvalue weighted by Gasteiger charge is 2.35. The van der Waals surface area contributed by atoms with Crippen LogP contribution in [0.5, 0.6) is 0 Å². The van der Waals surface area contributed by atoms with Crippen molar-refractivity contribution in [2.45, 2.75) is 19.1 Å². The third-order valence-corrected chi connectivity index (χ3v) is 5.11. The molecule has 160 valence electrons. The van der Waals surface area contributed by atoms with Gasteiger partial charge in [-0.3, -0.25) is 9.59 Å². The third-order valence-electron chi connectivity index (χ3n) is 5.11. The monoisotopic (exact) mass is 428 g/mol. The Hall–Kier alpha value is -3.62. The van der Waals surface area contributed by atoms with E-state index in [4.69, 9.17) is 0 Å². The minimum absolute atomic E-state index is 0.0897. The highest BCUT2D eigenvalue weighted by molar-refractivity contribution is 6.00. The average Bonchev–Trinajstić information content (AvgIpc) is 3.40. The Morgan fingerprint density at radius 3 is 2.39 bits per heavy atom. The first kappa shape index (κ1) is 20.6. The number of carbonyl (C=O) groups is 2. The zero-order chi connectivity index (χ0) is 22.0. The van der Waals surface area contributed by atoms with Crippen LogP contribution in [0.3, 0.4) is 0 Å². The molecule has 1 saturated heterocycles. The van der Waals surface area contributed by atoms with Gasteiger partial charge in [-0.25, -0.2) is 4.68 Å². The maximum absolute atomic E-state index is 12.7. The van der Waals surface area contributed by atoms with Crippen molar-refractivity contribution in [2.24, 2.45) is 5.92 Å². The summed E-state index contributed by atoms with van der Waals surface area (Å²) in [4.78, 5) is 26.4. The SMILES string of the molecule is O=C(NCc1ccc(-n2ccc(C(F)(F)F)n2)cc1)C1CC(=O)N(c2ccccc2)C1. The second kappa shape index (κ2) is 8.25. The second-order valence-corrected chi connectivity index (χ2v) is 7.27. The number of para-hydroxylation sites is 1. The number of anilines is 1. The molecule has 4 rings (SSSR count). The zero-order valence-corrected chi connectivity index (χ0v) is 16.3. The standard InChI is InChI=1S/C22H19F3N4O2/c23-22(24,25)19-10-11-29(27-19)18-8-6-15(7-9-18)13-26-21(31)16-12-20(30)28(14-16)17-4-2-1-3-5-17/h1-11,16H,12-14H2,(H,26,31). The lowest BCUT2D eigenvalue weighted by atomic mass is 10.1. The van der Waals surface area contributed by atoms with Crippen LogP contribution >= 0.6 is 0 Å². The van der Waals surface area contributed by atoms with Crippen molar-refractivity contribution >= 4 is 17.5 Å². The number of hydrogen-bond donors (Lipinski definition) is 1. The van der Waals surface area contributed by atoms with Crippen molar-refractivity contribution in [1.29, 1.82) is 0 Å². The number of hydrogen-bond acceptors (Lipinski definition) is 3. The lowest BCUT2D eigenvalue weighted by Gasteiger charge is -2.16. The van der Waals surface area contributed by atoms with E-state index in [1.165, 1.54) is 6.20 Å². The van der Waals surface area contributed by atoms with Crippen molar-refractivity contribution in [3.8, 4) is 5.69 Å². The number of nitrogens with one attached hydrogen (secondary N) is 1. The summed E-state index contributed by atoms with van der Waals surface area (Å²) in [5.41, 5.74) is 1.07. The molecule has 2 aromatic carbocycles. The molecule has 2 heterocycles. The van der Waals surface area contributed by atoms with Gasteiger partial charge in [0.25, 0.3) is 0 Å². The van der Waals surface area contributed by atoms with Gasteiger partial charge in [0.05, 0.1) is 11.6 Å². The lowest BCUT2D eigenvalue weighted by Crippen LogP contribution is -2.32. The largest absolute Gasteiger partial charge is 0.435 e. The van der Waals surface area contributed by atoms with Gasteiger partial charge in [-0.15, -0.1) is 0 Å². The number of amides is 2. The molecule has 31 heavy (non-hydrogen) atoms. The molecule has 3 aromatic rings. The molecule has 0 radical (unpaired) electrons. The van der Waals surface area contributed by atoms with Gasteiger partial charge in [0.1, 0.15) is 0 Å². The van der Waals surface area contributed by atoms with Gasteiger partial charge in [-0.2, -0.15) is 18.3 Å². The Kier molecular flexibility index (Phi) is 5.50. The number of halogens is 3. The molecule has 1 atom stereocenters. The van der Waals surface area contributed by atoms with Crippen molar-refractivity contribution in [2.75, 3.05) is 11.4 Å². The Labute approximate surface area is 176 Å². The molecule has 0 saturated carbocycles. The van der Waals surface area contributed by atoms with Crippen molar-refractivity contribution < 1.29 is 22.8 Å². The molecule has 1 fully saturated rings. The fourth-order valence-corrected chi connectivity index (χ4v) is 3.46. The normalized spacial score (nSPS) is 16.5. The Balaban J connectivity index is 1.34. The number of carbonyl (C=O) groups excluding carboxylic acids is 2. The predicted octanol–water partition coefficient (Wildman–Crippen LogP) is 3.56. The number of rotatable bonds is 5.